The predicted octanol–water partition coefficient (Wildman–Crippen LogP) is 4.24. The normalized spacial score (nSPS) is 15.7. The molecule has 5 heteroatoms. The van der Waals surface area contributed by atoms with Gasteiger partial charge in [0.05, 0.1) is 13.0 Å². The highest BCUT2D eigenvalue weighted by Gasteiger charge is 2.32. The summed E-state index contributed by atoms with van der Waals surface area (Å²) in [5, 5.41) is 11.9. The molecule has 0 saturated carbocycles. The van der Waals surface area contributed by atoms with Gasteiger partial charge in [-0.15, -0.1) is 0 Å². The maximum absolute atomic E-state index is 11.4. The number of benzene rings is 3. The summed E-state index contributed by atoms with van der Waals surface area (Å²) in [6.45, 7) is 0. The molecular formula is C24H18N2O3. The number of rotatable bonds is 3. The molecule has 1 heterocycles. The van der Waals surface area contributed by atoms with Crippen molar-refractivity contribution in [3.63, 3.8) is 0 Å². The van der Waals surface area contributed by atoms with Crippen LogP contribution < -0.4 is 10.5 Å². The number of hydrogen-bond acceptors (Lipinski definition) is 5. The van der Waals surface area contributed by atoms with Crippen LogP contribution in [0, 0.1) is 11.3 Å². The number of fused-ring (bicyclic) bond motifs is 3. The van der Waals surface area contributed by atoms with Crippen molar-refractivity contribution in [2.75, 3.05) is 7.11 Å². The topological polar surface area (TPSA) is 85.3 Å². The Morgan fingerprint density at radius 1 is 1.17 bits per heavy atom. The van der Waals surface area contributed by atoms with Gasteiger partial charge in [-0.2, -0.15) is 5.26 Å². The van der Waals surface area contributed by atoms with Crippen LogP contribution in [0.25, 0.3) is 16.8 Å². The van der Waals surface area contributed by atoms with Crippen LogP contribution in [0.3, 0.4) is 0 Å². The quantitative estimate of drug-likeness (QED) is 0.541. The molecule has 29 heavy (non-hydrogen) atoms. The van der Waals surface area contributed by atoms with Crippen molar-refractivity contribution < 1.29 is 14.3 Å². The minimum atomic E-state index is -0.431. The third-order valence-corrected chi connectivity index (χ3v) is 4.97. The molecule has 0 aromatic heterocycles. The number of nitrogens with two attached hydrogens (primary N) is 1. The number of methoxy groups -OCH3 is 1. The Balaban J connectivity index is 1.91. The van der Waals surface area contributed by atoms with Gasteiger partial charge < -0.3 is 15.2 Å². The second-order valence-corrected chi connectivity index (χ2v) is 6.65. The van der Waals surface area contributed by atoms with E-state index in [4.69, 9.17) is 10.5 Å². The average Bonchev–Trinajstić information content (AvgIpc) is 2.76. The SMILES string of the molecule is COC(=O)/C=C/c1cccc(C2C(C#N)=C(N)Oc3ccc4ccccc4c32)c1. The number of ether oxygens (including phenoxy) is 2. The molecule has 3 aromatic rings. The molecule has 142 valence electrons. The van der Waals surface area contributed by atoms with Gasteiger partial charge >= 0.3 is 5.97 Å². The minimum absolute atomic E-state index is 0.107. The van der Waals surface area contributed by atoms with Crippen molar-refractivity contribution in [2.24, 2.45) is 5.73 Å². The van der Waals surface area contributed by atoms with E-state index in [-0.39, 0.29) is 11.8 Å². The first-order chi connectivity index (χ1) is 14.1. The molecule has 0 saturated heterocycles. The molecule has 1 atom stereocenters. The zero-order valence-electron chi connectivity index (χ0n) is 15.8. The number of esters is 1. The first kappa shape index (κ1) is 18.3. The van der Waals surface area contributed by atoms with Gasteiger partial charge in [0.2, 0.25) is 5.88 Å². The maximum Gasteiger partial charge on any atom is 0.330 e. The fourth-order valence-electron chi connectivity index (χ4n) is 3.65. The van der Waals surface area contributed by atoms with E-state index in [1.54, 1.807) is 6.08 Å². The van der Waals surface area contributed by atoms with Gasteiger partial charge in [-0.25, -0.2) is 4.79 Å². The van der Waals surface area contributed by atoms with Crippen LogP contribution in [0.15, 0.2) is 78.2 Å². The molecule has 0 spiro atoms. The Morgan fingerprint density at radius 3 is 2.79 bits per heavy atom. The first-order valence-corrected chi connectivity index (χ1v) is 9.07. The molecule has 2 N–H and O–H groups in total. The number of hydrogen-bond donors (Lipinski definition) is 1. The lowest BCUT2D eigenvalue weighted by Crippen LogP contribution is -2.21. The minimum Gasteiger partial charge on any atom is -0.466 e. The lowest BCUT2D eigenvalue weighted by atomic mass is 9.81. The second kappa shape index (κ2) is 7.53. The van der Waals surface area contributed by atoms with E-state index in [1.165, 1.54) is 13.2 Å². The van der Waals surface area contributed by atoms with Gasteiger partial charge in [0.15, 0.2) is 0 Å². The summed E-state index contributed by atoms with van der Waals surface area (Å²) in [5.74, 6) is -0.0579. The summed E-state index contributed by atoms with van der Waals surface area (Å²) in [7, 11) is 1.33. The summed E-state index contributed by atoms with van der Waals surface area (Å²) in [6, 6.07) is 21.7. The third kappa shape index (κ3) is 3.32. The fourth-order valence-corrected chi connectivity index (χ4v) is 3.65. The summed E-state index contributed by atoms with van der Waals surface area (Å²) in [5.41, 5.74) is 9.06. The van der Waals surface area contributed by atoms with E-state index in [0.29, 0.717) is 11.3 Å². The molecular weight excluding hydrogens is 364 g/mol. The number of nitriles is 1. The van der Waals surface area contributed by atoms with Crippen molar-refractivity contribution in [2.45, 2.75) is 5.92 Å². The molecule has 1 unspecified atom stereocenters. The van der Waals surface area contributed by atoms with Crippen LogP contribution in [0.5, 0.6) is 5.75 Å². The zero-order valence-corrected chi connectivity index (χ0v) is 15.8. The Hall–Kier alpha value is -4.04. The average molecular weight is 382 g/mol. The highest BCUT2D eigenvalue weighted by molar-refractivity contribution is 5.90. The Kier molecular flexibility index (Phi) is 4.76. The molecule has 0 fully saturated rings. The van der Waals surface area contributed by atoms with Crippen molar-refractivity contribution in [3.05, 3.63) is 94.9 Å². The van der Waals surface area contributed by atoms with Gasteiger partial charge in [0.1, 0.15) is 17.4 Å². The van der Waals surface area contributed by atoms with Crippen molar-refractivity contribution in [1.29, 1.82) is 5.26 Å². The van der Waals surface area contributed by atoms with Gasteiger partial charge in [0, 0.05) is 11.6 Å². The summed E-state index contributed by atoms with van der Waals surface area (Å²) in [6.07, 6.45) is 3.04. The first-order valence-electron chi connectivity index (χ1n) is 9.07. The molecule has 0 amide bonds. The van der Waals surface area contributed by atoms with E-state index in [0.717, 1.165) is 27.5 Å². The number of carbonyl (C=O) groups excluding carboxylic acids is 1. The van der Waals surface area contributed by atoms with Crippen LogP contribution >= 0.6 is 0 Å². The third-order valence-electron chi connectivity index (χ3n) is 4.97. The lowest BCUT2D eigenvalue weighted by Gasteiger charge is -2.28. The Morgan fingerprint density at radius 2 is 2.00 bits per heavy atom. The van der Waals surface area contributed by atoms with Gasteiger partial charge in [-0.1, -0.05) is 54.6 Å². The second-order valence-electron chi connectivity index (χ2n) is 6.65. The summed E-state index contributed by atoms with van der Waals surface area (Å²) in [4.78, 5) is 11.4. The number of allylic oxidation sites excluding steroid dienone is 1. The van der Waals surface area contributed by atoms with Crippen molar-refractivity contribution in [3.8, 4) is 11.8 Å². The van der Waals surface area contributed by atoms with E-state index in [2.05, 4.69) is 10.8 Å². The van der Waals surface area contributed by atoms with Crippen LogP contribution in [0.2, 0.25) is 0 Å². The molecule has 0 bridgehead atoms. The molecule has 0 aliphatic carbocycles. The molecule has 1 aliphatic rings. The molecule has 3 aromatic carbocycles. The van der Waals surface area contributed by atoms with Gasteiger partial charge in [-0.3, -0.25) is 0 Å². The van der Waals surface area contributed by atoms with Crippen LogP contribution in [-0.4, -0.2) is 13.1 Å². The van der Waals surface area contributed by atoms with Gasteiger partial charge in [-0.05, 0) is 34.0 Å². The standard InChI is InChI=1S/C24H18N2O3/c1-28-21(27)12-9-15-5-4-7-17(13-15)22-19(14-25)24(26)29-20-11-10-16-6-2-3-8-18(16)23(20)22/h2-13,22H,26H2,1H3/b12-9+. The highest BCUT2D eigenvalue weighted by Crippen LogP contribution is 2.45. The highest BCUT2D eigenvalue weighted by atomic mass is 16.5. The summed E-state index contributed by atoms with van der Waals surface area (Å²) < 4.78 is 10.4. The molecule has 4 rings (SSSR count). The Labute approximate surface area is 168 Å². The van der Waals surface area contributed by atoms with Crippen LogP contribution in [0.1, 0.15) is 22.6 Å². The maximum atomic E-state index is 11.4. The van der Waals surface area contributed by atoms with E-state index in [1.807, 2.05) is 60.7 Å². The lowest BCUT2D eigenvalue weighted by molar-refractivity contribution is -0.134. The van der Waals surface area contributed by atoms with E-state index < -0.39 is 5.97 Å². The summed E-state index contributed by atoms with van der Waals surface area (Å²) >= 11 is 0. The Bertz CT molecular complexity index is 1220. The van der Waals surface area contributed by atoms with E-state index in [9.17, 15) is 10.1 Å². The molecule has 5 nitrogen and oxygen atoms in total. The number of nitrogens with zero attached hydrogens (tertiary/aromatic N) is 1. The smallest absolute Gasteiger partial charge is 0.330 e. The molecule has 1 aliphatic heterocycles. The van der Waals surface area contributed by atoms with Crippen LogP contribution in [-0.2, 0) is 9.53 Å². The number of carbonyl (C=O) groups is 1. The predicted molar refractivity (Wildman–Crippen MR) is 111 cm³/mol. The fraction of sp³-hybridized carbons (Fsp3) is 0.0833. The zero-order chi connectivity index (χ0) is 20.4. The van der Waals surface area contributed by atoms with Crippen LogP contribution in [0.4, 0.5) is 0 Å². The van der Waals surface area contributed by atoms with Gasteiger partial charge in [0.25, 0.3) is 0 Å². The molecule has 0 radical (unpaired) electrons. The monoisotopic (exact) mass is 382 g/mol. The van der Waals surface area contributed by atoms with Crippen molar-refractivity contribution in [1.82, 2.24) is 0 Å². The van der Waals surface area contributed by atoms with Crippen molar-refractivity contribution >= 4 is 22.8 Å². The largest absolute Gasteiger partial charge is 0.466 e. The van der Waals surface area contributed by atoms with E-state index >= 15 is 0 Å².